The average molecular weight is 256 g/mol. The zero-order valence-corrected chi connectivity index (χ0v) is 9.81. The molecule has 0 saturated carbocycles. The van der Waals surface area contributed by atoms with E-state index in [1.165, 1.54) is 10.9 Å². The molecule has 0 aliphatic heterocycles. The van der Waals surface area contributed by atoms with Gasteiger partial charge >= 0.3 is 0 Å². The zero-order valence-electron chi connectivity index (χ0n) is 9.05. The molecule has 0 saturated heterocycles. The predicted molar refractivity (Wildman–Crippen MR) is 60.7 cm³/mol. The number of aromatic nitrogens is 4. The first-order valence-electron chi connectivity index (χ1n) is 4.93. The van der Waals surface area contributed by atoms with Gasteiger partial charge < -0.3 is 10.2 Å². The van der Waals surface area contributed by atoms with Crippen molar-refractivity contribution in [1.29, 1.82) is 0 Å². The van der Waals surface area contributed by atoms with Gasteiger partial charge in [0.25, 0.3) is 5.56 Å². The summed E-state index contributed by atoms with van der Waals surface area (Å²) in [4.78, 5) is 15.5. The Morgan fingerprint density at radius 3 is 2.82 bits per heavy atom. The molecule has 0 aliphatic carbocycles. The Labute approximate surface area is 101 Å². The van der Waals surface area contributed by atoms with Crippen LogP contribution in [0.4, 0.5) is 5.69 Å². The number of rotatable bonds is 3. The number of nitrogens with two attached hydrogens (primary N) is 1. The molecule has 0 atom stereocenters. The van der Waals surface area contributed by atoms with E-state index in [4.69, 9.17) is 21.8 Å². The Bertz CT molecular complexity index is 591. The topological polar surface area (TPSA) is 99.8 Å². The number of nitrogens with zero attached hydrogens (tertiary/aromatic N) is 4. The SMILES string of the molecule is CCc1nnc(Cn2cnc(Cl)c(N)c2=O)o1. The molecule has 17 heavy (non-hydrogen) atoms. The van der Waals surface area contributed by atoms with E-state index < -0.39 is 5.56 Å². The van der Waals surface area contributed by atoms with Crippen LogP contribution in [0.25, 0.3) is 0 Å². The first-order chi connectivity index (χ1) is 8.11. The van der Waals surface area contributed by atoms with Crippen LogP contribution in [-0.2, 0) is 13.0 Å². The molecule has 8 heteroatoms. The second-order valence-electron chi connectivity index (χ2n) is 3.33. The molecule has 0 radical (unpaired) electrons. The molecule has 0 unspecified atom stereocenters. The highest BCUT2D eigenvalue weighted by atomic mass is 35.5. The molecule has 2 heterocycles. The summed E-state index contributed by atoms with van der Waals surface area (Å²) in [5.74, 6) is 0.843. The van der Waals surface area contributed by atoms with Gasteiger partial charge in [0.1, 0.15) is 12.2 Å². The standard InChI is InChI=1S/C9H10ClN5O2/c1-2-5-13-14-6(17-5)3-15-4-12-8(10)7(11)9(15)16/h4H,2-3,11H2,1H3. The summed E-state index contributed by atoms with van der Waals surface area (Å²) in [6.45, 7) is 2.02. The maximum atomic E-state index is 11.7. The van der Waals surface area contributed by atoms with Crippen molar-refractivity contribution in [2.75, 3.05) is 5.73 Å². The largest absolute Gasteiger partial charge is 0.423 e. The number of halogens is 1. The van der Waals surface area contributed by atoms with Crippen molar-refractivity contribution in [3.63, 3.8) is 0 Å². The van der Waals surface area contributed by atoms with E-state index in [9.17, 15) is 4.79 Å². The molecule has 0 bridgehead atoms. The molecule has 2 rings (SSSR count). The van der Waals surface area contributed by atoms with Gasteiger partial charge in [-0.1, -0.05) is 18.5 Å². The Morgan fingerprint density at radius 1 is 1.47 bits per heavy atom. The monoisotopic (exact) mass is 255 g/mol. The Morgan fingerprint density at radius 2 is 2.18 bits per heavy atom. The van der Waals surface area contributed by atoms with Crippen molar-refractivity contribution in [3.8, 4) is 0 Å². The summed E-state index contributed by atoms with van der Waals surface area (Å²) in [5.41, 5.74) is 4.95. The van der Waals surface area contributed by atoms with E-state index in [-0.39, 0.29) is 17.4 Å². The first-order valence-corrected chi connectivity index (χ1v) is 5.31. The van der Waals surface area contributed by atoms with E-state index in [2.05, 4.69) is 15.2 Å². The van der Waals surface area contributed by atoms with Crippen LogP contribution in [0.2, 0.25) is 5.15 Å². The van der Waals surface area contributed by atoms with Gasteiger partial charge in [-0.15, -0.1) is 10.2 Å². The van der Waals surface area contributed by atoms with Gasteiger partial charge in [0.05, 0.1) is 6.33 Å². The third-order valence-electron chi connectivity index (χ3n) is 2.14. The molecular weight excluding hydrogens is 246 g/mol. The van der Waals surface area contributed by atoms with E-state index in [1.54, 1.807) is 0 Å². The maximum Gasteiger partial charge on any atom is 0.278 e. The molecule has 0 aromatic carbocycles. The summed E-state index contributed by atoms with van der Waals surface area (Å²) in [5, 5.41) is 7.58. The van der Waals surface area contributed by atoms with Gasteiger partial charge in [-0.2, -0.15) is 0 Å². The quantitative estimate of drug-likeness (QED) is 0.801. The molecule has 2 aromatic rings. The van der Waals surface area contributed by atoms with E-state index in [1.807, 2.05) is 6.92 Å². The fourth-order valence-corrected chi connectivity index (χ4v) is 1.36. The Hall–Kier alpha value is -1.89. The van der Waals surface area contributed by atoms with Crippen molar-refractivity contribution in [2.24, 2.45) is 0 Å². The number of anilines is 1. The van der Waals surface area contributed by atoms with Crippen LogP contribution in [0, 0.1) is 0 Å². The van der Waals surface area contributed by atoms with Crippen molar-refractivity contribution in [1.82, 2.24) is 19.7 Å². The van der Waals surface area contributed by atoms with Gasteiger partial charge in [0.2, 0.25) is 11.8 Å². The van der Waals surface area contributed by atoms with E-state index in [0.29, 0.717) is 18.2 Å². The highest BCUT2D eigenvalue weighted by Gasteiger charge is 2.10. The summed E-state index contributed by atoms with van der Waals surface area (Å²) in [6.07, 6.45) is 1.93. The van der Waals surface area contributed by atoms with Crippen LogP contribution in [-0.4, -0.2) is 19.7 Å². The zero-order chi connectivity index (χ0) is 12.4. The fourth-order valence-electron chi connectivity index (χ4n) is 1.24. The normalized spacial score (nSPS) is 10.7. The molecule has 2 aromatic heterocycles. The van der Waals surface area contributed by atoms with Crippen molar-refractivity contribution in [3.05, 3.63) is 33.6 Å². The number of aryl methyl sites for hydroxylation is 1. The van der Waals surface area contributed by atoms with E-state index >= 15 is 0 Å². The second-order valence-corrected chi connectivity index (χ2v) is 3.68. The lowest BCUT2D eigenvalue weighted by Crippen LogP contribution is -2.24. The van der Waals surface area contributed by atoms with Crippen molar-refractivity contribution < 1.29 is 4.42 Å². The minimum atomic E-state index is -0.429. The number of nitrogen functional groups attached to an aromatic ring is 1. The maximum absolute atomic E-state index is 11.7. The molecule has 7 nitrogen and oxygen atoms in total. The van der Waals surface area contributed by atoms with Crippen molar-refractivity contribution in [2.45, 2.75) is 19.9 Å². The minimum Gasteiger partial charge on any atom is -0.423 e. The first kappa shape index (κ1) is 11.6. The smallest absolute Gasteiger partial charge is 0.278 e. The lowest BCUT2D eigenvalue weighted by Gasteiger charge is -2.03. The molecule has 0 amide bonds. The van der Waals surface area contributed by atoms with Crippen LogP contribution in [0.15, 0.2) is 15.5 Å². The molecule has 0 fully saturated rings. The van der Waals surface area contributed by atoms with Crippen LogP contribution in [0.1, 0.15) is 18.7 Å². The predicted octanol–water partition coefficient (Wildman–Crippen LogP) is 0.473. The summed E-state index contributed by atoms with van der Waals surface area (Å²) >= 11 is 5.61. The summed E-state index contributed by atoms with van der Waals surface area (Å²) in [7, 11) is 0. The van der Waals surface area contributed by atoms with Crippen LogP contribution in [0.3, 0.4) is 0 Å². The van der Waals surface area contributed by atoms with Crippen LogP contribution in [0.5, 0.6) is 0 Å². The van der Waals surface area contributed by atoms with Gasteiger partial charge in [0.15, 0.2) is 5.15 Å². The Kier molecular flexibility index (Phi) is 3.10. The third kappa shape index (κ3) is 2.28. The summed E-state index contributed by atoms with van der Waals surface area (Å²) in [6, 6.07) is 0. The minimum absolute atomic E-state index is 0.00831. The highest BCUT2D eigenvalue weighted by Crippen LogP contribution is 2.09. The van der Waals surface area contributed by atoms with Gasteiger partial charge in [-0.3, -0.25) is 9.36 Å². The fraction of sp³-hybridized carbons (Fsp3) is 0.333. The van der Waals surface area contributed by atoms with E-state index in [0.717, 1.165) is 0 Å². The second kappa shape index (κ2) is 4.54. The number of hydrogen-bond donors (Lipinski definition) is 1. The van der Waals surface area contributed by atoms with Gasteiger partial charge in [-0.05, 0) is 0 Å². The van der Waals surface area contributed by atoms with Gasteiger partial charge in [-0.25, -0.2) is 4.98 Å². The molecule has 2 N–H and O–H groups in total. The highest BCUT2D eigenvalue weighted by molar-refractivity contribution is 6.31. The number of hydrogen-bond acceptors (Lipinski definition) is 6. The molecule has 90 valence electrons. The Balaban J connectivity index is 2.30. The van der Waals surface area contributed by atoms with Gasteiger partial charge in [0, 0.05) is 6.42 Å². The third-order valence-corrected chi connectivity index (χ3v) is 2.44. The van der Waals surface area contributed by atoms with Crippen LogP contribution < -0.4 is 11.3 Å². The summed E-state index contributed by atoms with van der Waals surface area (Å²) < 4.78 is 6.54. The average Bonchev–Trinajstić information content (AvgIpc) is 2.78. The van der Waals surface area contributed by atoms with Crippen molar-refractivity contribution >= 4 is 17.3 Å². The molecule has 0 aliphatic rings. The van der Waals surface area contributed by atoms with Crippen LogP contribution >= 0.6 is 11.6 Å². The molecular formula is C9H10ClN5O2. The lowest BCUT2D eigenvalue weighted by atomic mass is 10.5. The lowest BCUT2D eigenvalue weighted by molar-refractivity contribution is 0.439. The molecule has 0 spiro atoms.